The first-order valence-corrected chi connectivity index (χ1v) is 9.21. The number of nitrogens with one attached hydrogen (secondary N) is 1. The largest absolute Gasteiger partial charge is 0.302 e. The minimum absolute atomic E-state index is 0.00637. The van der Waals surface area contributed by atoms with E-state index in [0.717, 1.165) is 22.2 Å². The number of nitrogens with zero attached hydrogens (tertiary/aromatic N) is 1. The summed E-state index contributed by atoms with van der Waals surface area (Å²) in [7, 11) is 0. The van der Waals surface area contributed by atoms with Gasteiger partial charge in [0.1, 0.15) is 0 Å². The molecule has 1 aliphatic carbocycles. The number of hydrogen-bond donors (Lipinski definition) is 1. The molecule has 1 amide bonds. The van der Waals surface area contributed by atoms with Gasteiger partial charge in [0, 0.05) is 16.0 Å². The van der Waals surface area contributed by atoms with Crippen molar-refractivity contribution in [1.29, 1.82) is 0 Å². The summed E-state index contributed by atoms with van der Waals surface area (Å²) in [5.41, 5.74) is 3.12. The van der Waals surface area contributed by atoms with Crippen molar-refractivity contribution in [1.82, 2.24) is 4.98 Å². The number of amides is 1. The second-order valence-corrected chi connectivity index (χ2v) is 8.03. The molecule has 0 aliphatic heterocycles. The zero-order valence-electron chi connectivity index (χ0n) is 12.8. The number of rotatable bonds is 3. The molecule has 6 heteroatoms. The highest BCUT2D eigenvalue weighted by Gasteiger charge is 2.44. The van der Waals surface area contributed by atoms with Gasteiger partial charge in [-0.25, -0.2) is 4.98 Å². The molecule has 2 aromatic carbocycles. The molecule has 0 bridgehead atoms. The maximum absolute atomic E-state index is 12.5. The average Bonchev–Trinajstić information content (AvgIpc) is 3.21. The summed E-state index contributed by atoms with van der Waals surface area (Å²) >= 11 is 13.6. The van der Waals surface area contributed by atoms with E-state index in [4.69, 9.17) is 23.2 Å². The average molecular weight is 377 g/mol. The number of anilines is 1. The number of carbonyl (C=O) groups excluding carboxylic acids is 1. The summed E-state index contributed by atoms with van der Waals surface area (Å²) in [6.45, 7) is 2.04. The quantitative estimate of drug-likeness (QED) is 0.641. The van der Waals surface area contributed by atoms with Crippen LogP contribution in [0.15, 0.2) is 36.4 Å². The third kappa shape index (κ3) is 3.14. The minimum atomic E-state index is -0.0479. The number of aromatic nitrogens is 1. The Morgan fingerprint density at radius 3 is 2.71 bits per heavy atom. The van der Waals surface area contributed by atoms with E-state index < -0.39 is 0 Å². The second kappa shape index (κ2) is 6.03. The SMILES string of the molecule is Cc1ccc2nc(NC(=O)[C@H]3C[C@H]3c3cc(Cl)cc(Cl)c3)sc2c1. The Kier molecular flexibility index (Phi) is 3.99. The Morgan fingerprint density at radius 2 is 1.96 bits per heavy atom. The second-order valence-electron chi connectivity index (χ2n) is 6.13. The first-order valence-electron chi connectivity index (χ1n) is 7.63. The summed E-state index contributed by atoms with van der Waals surface area (Å²) in [6.07, 6.45) is 0.812. The number of fused-ring (bicyclic) bond motifs is 1. The van der Waals surface area contributed by atoms with Gasteiger partial charge in [-0.3, -0.25) is 4.79 Å². The first kappa shape index (κ1) is 15.9. The van der Waals surface area contributed by atoms with Gasteiger partial charge in [-0.1, -0.05) is 40.6 Å². The van der Waals surface area contributed by atoms with Crippen molar-refractivity contribution in [2.45, 2.75) is 19.3 Å². The van der Waals surface area contributed by atoms with Crippen LogP contribution >= 0.6 is 34.5 Å². The van der Waals surface area contributed by atoms with Crippen LogP contribution in [-0.4, -0.2) is 10.9 Å². The lowest BCUT2D eigenvalue weighted by molar-refractivity contribution is -0.117. The van der Waals surface area contributed by atoms with Crippen LogP contribution in [0.3, 0.4) is 0 Å². The van der Waals surface area contributed by atoms with E-state index in [-0.39, 0.29) is 17.7 Å². The molecule has 0 saturated heterocycles. The summed E-state index contributed by atoms with van der Waals surface area (Å²) in [6, 6.07) is 11.5. The number of benzene rings is 2. The lowest BCUT2D eigenvalue weighted by Gasteiger charge is -2.03. The van der Waals surface area contributed by atoms with Crippen LogP contribution in [-0.2, 0) is 4.79 Å². The predicted octanol–water partition coefficient (Wildman–Crippen LogP) is 5.65. The lowest BCUT2D eigenvalue weighted by Crippen LogP contribution is -2.14. The highest BCUT2D eigenvalue weighted by molar-refractivity contribution is 7.22. The Bertz CT molecular complexity index is 933. The van der Waals surface area contributed by atoms with Crippen LogP contribution in [0.5, 0.6) is 0 Å². The standard InChI is InChI=1S/C18H14Cl2N2OS/c1-9-2-3-15-16(4-9)24-18(21-15)22-17(23)14-8-13(14)10-5-11(19)7-12(20)6-10/h2-7,13-14H,8H2,1H3,(H,21,22,23)/t13-,14-/m0/s1. The van der Waals surface area contributed by atoms with Gasteiger partial charge in [0.15, 0.2) is 5.13 Å². The van der Waals surface area contributed by atoms with E-state index in [9.17, 15) is 4.79 Å². The molecule has 3 nitrogen and oxygen atoms in total. The Balaban J connectivity index is 1.48. The molecule has 2 atom stereocenters. The number of hydrogen-bond acceptors (Lipinski definition) is 3. The molecule has 4 rings (SSSR count). The van der Waals surface area contributed by atoms with E-state index in [0.29, 0.717) is 15.2 Å². The van der Waals surface area contributed by atoms with Crippen LogP contribution in [0.4, 0.5) is 5.13 Å². The van der Waals surface area contributed by atoms with E-state index in [2.05, 4.69) is 16.4 Å². The van der Waals surface area contributed by atoms with Crippen LogP contribution in [0.2, 0.25) is 10.0 Å². The van der Waals surface area contributed by atoms with Gasteiger partial charge < -0.3 is 5.32 Å². The van der Waals surface area contributed by atoms with Gasteiger partial charge in [-0.15, -0.1) is 0 Å². The monoisotopic (exact) mass is 376 g/mol. The molecule has 1 fully saturated rings. The lowest BCUT2D eigenvalue weighted by atomic mass is 10.1. The van der Waals surface area contributed by atoms with Crippen LogP contribution in [0.25, 0.3) is 10.2 Å². The zero-order valence-corrected chi connectivity index (χ0v) is 15.2. The van der Waals surface area contributed by atoms with E-state index in [1.807, 2.05) is 31.2 Å². The maximum atomic E-state index is 12.5. The van der Waals surface area contributed by atoms with Gasteiger partial charge in [0.25, 0.3) is 0 Å². The van der Waals surface area contributed by atoms with Crippen molar-refractivity contribution < 1.29 is 4.79 Å². The van der Waals surface area contributed by atoms with Crippen molar-refractivity contribution in [2.24, 2.45) is 5.92 Å². The normalized spacial score (nSPS) is 19.5. The van der Waals surface area contributed by atoms with Gasteiger partial charge in [-0.05, 0) is 60.7 Å². The van der Waals surface area contributed by atoms with Gasteiger partial charge in [0.05, 0.1) is 10.2 Å². The van der Waals surface area contributed by atoms with Gasteiger partial charge in [-0.2, -0.15) is 0 Å². The highest BCUT2D eigenvalue weighted by atomic mass is 35.5. The number of thiazole rings is 1. The van der Waals surface area contributed by atoms with Crippen LogP contribution in [0, 0.1) is 12.8 Å². The fourth-order valence-electron chi connectivity index (χ4n) is 2.93. The zero-order chi connectivity index (χ0) is 16.8. The Morgan fingerprint density at radius 1 is 1.21 bits per heavy atom. The molecule has 1 N–H and O–H groups in total. The highest BCUT2D eigenvalue weighted by Crippen LogP contribution is 2.49. The molecular weight excluding hydrogens is 363 g/mol. The maximum Gasteiger partial charge on any atom is 0.229 e. The molecule has 1 aromatic heterocycles. The Labute approximate surface area is 153 Å². The molecule has 0 radical (unpaired) electrons. The minimum Gasteiger partial charge on any atom is -0.302 e. The third-order valence-corrected chi connectivity index (χ3v) is 5.58. The molecule has 122 valence electrons. The van der Waals surface area contributed by atoms with Crippen molar-refractivity contribution in [3.8, 4) is 0 Å². The summed E-state index contributed by atoms with van der Waals surface area (Å²) in [4.78, 5) is 16.9. The first-order chi connectivity index (χ1) is 11.5. The molecule has 1 heterocycles. The fourth-order valence-corrected chi connectivity index (χ4v) is 4.44. The van der Waals surface area contributed by atoms with Crippen molar-refractivity contribution in [2.75, 3.05) is 5.32 Å². The summed E-state index contributed by atoms with van der Waals surface area (Å²) in [5, 5.41) is 4.80. The van der Waals surface area contributed by atoms with Gasteiger partial charge >= 0.3 is 0 Å². The molecule has 0 unspecified atom stereocenters. The van der Waals surface area contributed by atoms with Crippen LogP contribution in [0.1, 0.15) is 23.5 Å². The predicted molar refractivity (Wildman–Crippen MR) is 100 cm³/mol. The van der Waals surface area contributed by atoms with Crippen molar-refractivity contribution in [3.05, 3.63) is 57.6 Å². The van der Waals surface area contributed by atoms with E-state index in [1.165, 1.54) is 16.9 Å². The molecule has 0 spiro atoms. The van der Waals surface area contributed by atoms with Crippen LogP contribution < -0.4 is 5.32 Å². The smallest absolute Gasteiger partial charge is 0.229 e. The van der Waals surface area contributed by atoms with Gasteiger partial charge in [0.2, 0.25) is 5.91 Å². The molecule has 1 saturated carbocycles. The fraction of sp³-hybridized carbons (Fsp3) is 0.222. The summed E-state index contributed by atoms with van der Waals surface area (Å²) in [5.74, 6) is 0.137. The molecule has 3 aromatic rings. The number of carbonyl (C=O) groups is 1. The number of aryl methyl sites for hydroxylation is 1. The van der Waals surface area contributed by atoms with Crippen molar-refractivity contribution in [3.63, 3.8) is 0 Å². The number of halogens is 2. The molecular formula is C18H14Cl2N2OS. The van der Waals surface area contributed by atoms with E-state index >= 15 is 0 Å². The molecule has 24 heavy (non-hydrogen) atoms. The van der Waals surface area contributed by atoms with Crippen molar-refractivity contribution >= 4 is 55.8 Å². The Hall–Kier alpha value is -1.62. The molecule has 1 aliphatic rings. The van der Waals surface area contributed by atoms with E-state index in [1.54, 1.807) is 6.07 Å². The topological polar surface area (TPSA) is 42.0 Å². The third-order valence-electron chi connectivity index (χ3n) is 4.21. The summed E-state index contributed by atoms with van der Waals surface area (Å²) < 4.78 is 1.08.